The van der Waals surface area contributed by atoms with Crippen molar-refractivity contribution in [1.29, 1.82) is 0 Å². The van der Waals surface area contributed by atoms with Gasteiger partial charge in [0.05, 0.1) is 0 Å². The number of hydrogen-bond acceptors (Lipinski definition) is 5. The molecule has 1 saturated heterocycles. The molecule has 1 aliphatic rings. The van der Waals surface area contributed by atoms with E-state index < -0.39 is 0 Å². The number of nitrogens with zero attached hydrogens (tertiary/aromatic N) is 3. The Morgan fingerprint density at radius 1 is 1.06 bits per heavy atom. The quantitative estimate of drug-likeness (QED) is 0.546. The molecule has 31 heavy (non-hydrogen) atoms. The molecule has 154 valence electrons. The van der Waals surface area contributed by atoms with Gasteiger partial charge in [0.1, 0.15) is 0 Å². The Hall–Kier alpha value is -4.00. The number of carbonyl (C=O) groups excluding carboxylic acids is 2. The second-order valence-electron chi connectivity index (χ2n) is 7.43. The maximum atomic E-state index is 12.0. The summed E-state index contributed by atoms with van der Waals surface area (Å²) < 4.78 is 5.59. The van der Waals surface area contributed by atoms with Crippen LogP contribution < -0.4 is 10.2 Å². The fourth-order valence-corrected chi connectivity index (χ4v) is 3.93. The summed E-state index contributed by atoms with van der Waals surface area (Å²) in [7, 11) is 1.56. The normalized spacial score (nSPS) is 13.7. The molecule has 1 aromatic carbocycles. The van der Waals surface area contributed by atoms with Crippen molar-refractivity contribution < 1.29 is 14.0 Å². The smallest absolute Gasteiger partial charge is 0.286 e. The molecule has 0 radical (unpaired) electrons. The summed E-state index contributed by atoms with van der Waals surface area (Å²) in [6.45, 7) is 0.774. The van der Waals surface area contributed by atoms with Crippen LogP contribution in [0.2, 0.25) is 0 Å². The first kappa shape index (κ1) is 19.0. The van der Waals surface area contributed by atoms with E-state index >= 15 is 0 Å². The fourth-order valence-electron chi connectivity index (χ4n) is 3.93. The third-order valence-electron chi connectivity index (χ3n) is 5.52. The van der Waals surface area contributed by atoms with Crippen molar-refractivity contribution >= 4 is 28.6 Å². The van der Waals surface area contributed by atoms with Crippen LogP contribution in [0.25, 0.3) is 33.4 Å². The molecule has 1 aliphatic heterocycles. The fraction of sp³-hybridized carbons (Fsp3) is 0.167. The molecule has 0 unspecified atom stereocenters. The van der Waals surface area contributed by atoms with Gasteiger partial charge in [-0.05, 0) is 47.9 Å². The molecule has 4 heterocycles. The number of hydrogen-bond donors (Lipinski definition) is 1. The minimum absolute atomic E-state index is 0.175. The van der Waals surface area contributed by atoms with Gasteiger partial charge in [0.15, 0.2) is 5.76 Å². The van der Waals surface area contributed by atoms with E-state index in [9.17, 15) is 9.59 Å². The van der Waals surface area contributed by atoms with Gasteiger partial charge in [-0.25, -0.2) is 4.98 Å². The lowest BCUT2D eigenvalue weighted by atomic mass is 10.0. The van der Waals surface area contributed by atoms with E-state index in [4.69, 9.17) is 4.42 Å². The molecule has 1 N–H and O–H groups in total. The monoisotopic (exact) mass is 412 g/mol. The van der Waals surface area contributed by atoms with Crippen molar-refractivity contribution in [3.63, 3.8) is 0 Å². The van der Waals surface area contributed by atoms with Crippen molar-refractivity contribution in [2.24, 2.45) is 0 Å². The Morgan fingerprint density at radius 3 is 2.61 bits per heavy atom. The number of carbonyl (C=O) groups is 2. The minimum atomic E-state index is -0.299. The lowest BCUT2D eigenvalue weighted by Crippen LogP contribution is -2.23. The average Bonchev–Trinajstić information content (AvgIpc) is 3.45. The van der Waals surface area contributed by atoms with Crippen LogP contribution in [0.3, 0.4) is 0 Å². The third-order valence-corrected chi connectivity index (χ3v) is 5.52. The Morgan fingerprint density at radius 2 is 1.87 bits per heavy atom. The highest BCUT2D eigenvalue weighted by molar-refractivity contribution is 6.00. The SMILES string of the molecule is CNC(=O)c1cc2c(-c3cncc(-c4ccc(N5CCCC5=O)cc4)c3)ccnc2o1. The number of fused-ring (bicyclic) bond motifs is 1. The highest BCUT2D eigenvalue weighted by atomic mass is 16.4. The zero-order valence-corrected chi connectivity index (χ0v) is 17.0. The summed E-state index contributed by atoms with van der Waals surface area (Å²) in [5.74, 6) is 0.0929. The third kappa shape index (κ3) is 3.44. The van der Waals surface area contributed by atoms with Crippen LogP contribution in [0.15, 0.2) is 65.5 Å². The zero-order chi connectivity index (χ0) is 21.4. The highest BCUT2D eigenvalue weighted by Gasteiger charge is 2.21. The summed E-state index contributed by atoms with van der Waals surface area (Å²) in [4.78, 5) is 34.4. The van der Waals surface area contributed by atoms with Gasteiger partial charge in [-0.15, -0.1) is 0 Å². The molecular formula is C24H20N4O3. The summed E-state index contributed by atoms with van der Waals surface area (Å²) in [6, 6.07) is 13.6. The average molecular weight is 412 g/mol. The van der Waals surface area contributed by atoms with Gasteiger partial charge in [0.2, 0.25) is 11.6 Å². The molecule has 3 aromatic heterocycles. The molecule has 0 aliphatic carbocycles. The van der Waals surface area contributed by atoms with E-state index in [2.05, 4.69) is 15.3 Å². The molecule has 7 heteroatoms. The van der Waals surface area contributed by atoms with E-state index in [1.807, 2.05) is 47.5 Å². The molecule has 2 amide bonds. The predicted octanol–water partition coefficient (Wildman–Crippen LogP) is 4.04. The van der Waals surface area contributed by atoms with Crippen LogP contribution in [0, 0.1) is 0 Å². The zero-order valence-electron chi connectivity index (χ0n) is 17.0. The van der Waals surface area contributed by atoms with E-state index in [1.54, 1.807) is 25.5 Å². The van der Waals surface area contributed by atoms with Gasteiger partial charge in [-0.1, -0.05) is 12.1 Å². The molecule has 0 bridgehead atoms. The Bertz CT molecular complexity index is 1290. The second-order valence-corrected chi connectivity index (χ2v) is 7.43. The minimum Gasteiger partial charge on any atom is -0.433 e. The molecule has 0 spiro atoms. The van der Waals surface area contributed by atoms with Gasteiger partial charge in [0, 0.05) is 60.8 Å². The van der Waals surface area contributed by atoms with Gasteiger partial charge >= 0.3 is 0 Å². The Balaban J connectivity index is 1.50. The Labute approximate surface area is 178 Å². The second kappa shape index (κ2) is 7.68. The van der Waals surface area contributed by atoms with Crippen molar-refractivity contribution in [2.75, 3.05) is 18.5 Å². The number of nitrogens with one attached hydrogen (secondary N) is 1. The predicted molar refractivity (Wildman–Crippen MR) is 118 cm³/mol. The number of aromatic nitrogens is 2. The van der Waals surface area contributed by atoms with Crippen molar-refractivity contribution in [3.05, 3.63) is 66.8 Å². The highest BCUT2D eigenvalue weighted by Crippen LogP contribution is 2.32. The van der Waals surface area contributed by atoms with Crippen LogP contribution in [-0.2, 0) is 4.79 Å². The first-order valence-electron chi connectivity index (χ1n) is 10.1. The molecule has 5 rings (SSSR count). The number of rotatable bonds is 4. The van der Waals surface area contributed by atoms with Crippen LogP contribution in [-0.4, -0.2) is 35.4 Å². The van der Waals surface area contributed by atoms with Gasteiger partial charge < -0.3 is 14.6 Å². The van der Waals surface area contributed by atoms with Gasteiger partial charge in [0.25, 0.3) is 5.91 Å². The maximum absolute atomic E-state index is 12.0. The molecule has 0 saturated carbocycles. The number of amides is 2. The number of anilines is 1. The molecule has 7 nitrogen and oxygen atoms in total. The molecular weight excluding hydrogens is 392 g/mol. The van der Waals surface area contributed by atoms with Crippen molar-refractivity contribution in [3.8, 4) is 22.3 Å². The van der Waals surface area contributed by atoms with Gasteiger partial charge in [-0.2, -0.15) is 0 Å². The first-order valence-corrected chi connectivity index (χ1v) is 10.1. The molecule has 0 atom stereocenters. The summed E-state index contributed by atoms with van der Waals surface area (Å²) in [5, 5.41) is 3.31. The van der Waals surface area contributed by atoms with Crippen LogP contribution in [0.5, 0.6) is 0 Å². The summed E-state index contributed by atoms with van der Waals surface area (Å²) in [5.41, 5.74) is 5.07. The van der Waals surface area contributed by atoms with Crippen LogP contribution in [0.1, 0.15) is 23.4 Å². The van der Waals surface area contributed by atoms with E-state index in [-0.39, 0.29) is 17.6 Å². The summed E-state index contributed by atoms with van der Waals surface area (Å²) >= 11 is 0. The van der Waals surface area contributed by atoms with E-state index in [1.165, 1.54) is 0 Å². The topological polar surface area (TPSA) is 88.3 Å². The van der Waals surface area contributed by atoms with E-state index in [0.717, 1.165) is 46.3 Å². The summed E-state index contributed by atoms with van der Waals surface area (Å²) in [6.07, 6.45) is 6.76. The van der Waals surface area contributed by atoms with Crippen molar-refractivity contribution in [2.45, 2.75) is 12.8 Å². The van der Waals surface area contributed by atoms with Gasteiger partial charge in [-0.3, -0.25) is 14.6 Å². The number of pyridine rings is 2. The van der Waals surface area contributed by atoms with Crippen molar-refractivity contribution in [1.82, 2.24) is 15.3 Å². The van der Waals surface area contributed by atoms with E-state index in [0.29, 0.717) is 12.1 Å². The maximum Gasteiger partial charge on any atom is 0.286 e. The number of furan rings is 1. The molecule has 1 fully saturated rings. The lowest BCUT2D eigenvalue weighted by molar-refractivity contribution is -0.117. The molecule has 4 aromatic rings. The standard InChI is InChI=1S/C24H20N4O3/c1-25-23(30)21-12-20-19(8-9-27-24(20)31-21)17-11-16(13-26-14-17)15-4-6-18(7-5-15)28-10-2-3-22(28)29/h4-9,11-14H,2-3,10H2,1H3,(H,25,30). The number of benzene rings is 1. The first-order chi connectivity index (χ1) is 15.1. The van der Waals surface area contributed by atoms with Crippen LogP contribution in [0.4, 0.5) is 5.69 Å². The van der Waals surface area contributed by atoms with Crippen LogP contribution >= 0.6 is 0 Å². The lowest BCUT2D eigenvalue weighted by Gasteiger charge is -2.16. The Kier molecular flexibility index (Phi) is 4.71. The largest absolute Gasteiger partial charge is 0.433 e.